The van der Waals surface area contributed by atoms with E-state index in [0.29, 0.717) is 37.5 Å². The van der Waals surface area contributed by atoms with E-state index in [1.54, 1.807) is 0 Å². The van der Waals surface area contributed by atoms with Crippen LogP contribution in [-0.2, 0) is 9.59 Å². The van der Waals surface area contributed by atoms with Gasteiger partial charge < -0.3 is 0 Å². The first-order chi connectivity index (χ1) is 20.4. The molecule has 44 heavy (non-hydrogen) atoms. The van der Waals surface area contributed by atoms with Gasteiger partial charge in [-0.05, 0) is 121 Å². The van der Waals surface area contributed by atoms with Crippen LogP contribution < -0.4 is 0 Å². The molecule has 0 bridgehead atoms. The van der Waals surface area contributed by atoms with Gasteiger partial charge in [0.05, 0.1) is 0 Å². The summed E-state index contributed by atoms with van der Waals surface area (Å²) in [6.07, 6.45) is 12.1. The Bertz CT molecular complexity index is 932. The molecule has 2 nitrogen and oxygen atoms in total. The van der Waals surface area contributed by atoms with E-state index in [4.69, 9.17) is 69.6 Å². The fraction of sp³-hybridized carbons (Fsp3) is 0.944. The zero-order valence-electron chi connectivity index (χ0n) is 27.9. The lowest BCUT2D eigenvalue weighted by atomic mass is 9.55. The highest BCUT2D eigenvalue weighted by molar-refractivity contribution is 6.24. The summed E-state index contributed by atoms with van der Waals surface area (Å²) in [6, 6.07) is 0. The van der Waals surface area contributed by atoms with Gasteiger partial charge in [0.1, 0.15) is 11.6 Å². The molecule has 8 heteroatoms. The molecule has 0 amide bonds. The first-order valence-electron chi connectivity index (χ1n) is 17.4. The maximum atomic E-state index is 13.9. The topological polar surface area (TPSA) is 34.1 Å². The number of alkyl halides is 6. The maximum absolute atomic E-state index is 13.9. The number of hydrogen-bond acceptors (Lipinski definition) is 2. The molecule has 0 aromatic heterocycles. The van der Waals surface area contributed by atoms with Gasteiger partial charge in [-0.3, -0.25) is 9.59 Å². The molecule has 0 heterocycles. The zero-order chi connectivity index (χ0) is 33.0. The molecule has 0 aromatic carbocycles. The van der Waals surface area contributed by atoms with Gasteiger partial charge in [0.15, 0.2) is 0 Å². The largest absolute Gasteiger partial charge is 0.299 e. The number of carbonyl (C=O) groups is 2. The summed E-state index contributed by atoms with van der Waals surface area (Å²) in [7, 11) is 0. The third kappa shape index (κ3) is 11.3. The standard InChI is InChI=1S/C36H58Cl6O2/c1-21(2)29(37)13-16-36(6,42)15-8-10-23-17-25-27(19-31(23)39)34(44)26-18-24(32(40)20-28(26)33(25)43)11-12-30(38)22(3)9-7-14-35(4,5)41/h21-32H,7-20H2,1-6H3. The van der Waals surface area contributed by atoms with Crippen molar-refractivity contribution < 1.29 is 9.59 Å². The molecule has 0 radical (unpaired) electrons. The normalized spacial score (nSPS) is 34.7. The summed E-state index contributed by atoms with van der Waals surface area (Å²) >= 11 is 40.4. The van der Waals surface area contributed by atoms with Crippen molar-refractivity contribution in [1.29, 1.82) is 0 Å². The molecule has 3 fully saturated rings. The van der Waals surface area contributed by atoms with Crippen molar-refractivity contribution in [2.24, 2.45) is 47.3 Å². The van der Waals surface area contributed by atoms with Crippen LogP contribution >= 0.6 is 69.6 Å². The zero-order valence-corrected chi connectivity index (χ0v) is 32.4. The van der Waals surface area contributed by atoms with Crippen molar-refractivity contribution in [2.75, 3.05) is 0 Å². The molecule has 0 N–H and O–H groups in total. The van der Waals surface area contributed by atoms with Crippen molar-refractivity contribution in [3.8, 4) is 0 Å². The van der Waals surface area contributed by atoms with Crippen molar-refractivity contribution in [3.63, 3.8) is 0 Å². The van der Waals surface area contributed by atoms with Crippen molar-refractivity contribution >= 4 is 81.2 Å². The summed E-state index contributed by atoms with van der Waals surface area (Å²) in [5, 5.41) is 0.0412. The Labute approximate surface area is 299 Å². The van der Waals surface area contributed by atoms with Gasteiger partial charge in [0, 0.05) is 54.9 Å². The van der Waals surface area contributed by atoms with Crippen LogP contribution in [-0.4, -0.2) is 42.8 Å². The second-order valence-electron chi connectivity index (χ2n) is 16.0. The van der Waals surface area contributed by atoms with Gasteiger partial charge in [0.25, 0.3) is 0 Å². The summed E-state index contributed by atoms with van der Waals surface area (Å²) in [4.78, 5) is 27.3. The number of hydrogen-bond donors (Lipinski definition) is 0. The smallest absolute Gasteiger partial charge is 0.140 e. The number of halogens is 6. The first kappa shape index (κ1) is 39.5. The predicted molar refractivity (Wildman–Crippen MR) is 192 cm³/mol. The summed E-state index contributed by atoms with van der Waals surface area (Å²) in [6.45, 7) is 12.7. The van der Waals surface area contributed by atoms with Crippen molar-refractivity contribution in [3.05, 3.63) is 0 Å². The Morgan fingerprint density at radius 1 is 0.659 bits per heavy atom. The minimum Gasteiger partial charge on any atom is -0.299 e. The van der Waals surface area contributed by atoms with E-state index in [1.807, 2.05) is 0 Å². The van der Waals surface area contributed by atoms with Gasteiger partial charge in [-0.25, -0.2) is 0 Å². The average Bonchev–Trinajstić information content (AvgIpc) is 2.93. The Kier molecular flexibility index (Phi) is 15.4. The van der Waals surface area contributed by atoms with E-state index < -0.39 is 0 Å². The Balaban J connectivity index is 1.51. The number of fused-ring (bicyclic) bond motifs is 2. The summed E-state index contributed by atoms with van der Waals surface area (Å²) in [5.74, 6) is 0.921. The number of ketones is 2. The molecular formula is C36H58Cl6O2. The molecule has 12 atom stereocenters. The van der Waals surface area contributed by atoms with Gasteiger partial charge in [-0.1, -0.05) is 33.6 Å². The minimum absolute atomic E-state index is 0.0735. The third-order valence-corrected chi connectivity index (χ3v) is 14.3. The lowest BCUT2D eigenvalue weighted by Gasteiger charge is -2.49. The number of rotatable bonds is 16. The molecule has 12 unspecified atom stereocenters. The lowest BCUT2D eigenvalue weighted by molar-refractivity contribution is -0.152. The van der Waals surface area contributed by atoms with Crippen LogP contribution in [0.1, 0.15) is 131 Å². The highest BCUT2D eigenvalue weighted by Gasteiger charge is 2.55. The van der Waals surface area contributed by atoms with Crippen LogP contribution in [0.15, 0.2) is 0 Å². The fourth-order valence-electron chi connectivity index (χ4n) is 8.19. The van der Waals surface area contributed by atoms with Crippen LogP contribution in [0.4, 0.5) is 0 Å². The second-order valence-corrected chi connectivity index (χ2v) is 20.2. The fourth-order valence-corrected chi connectivity index (χ4v) is 9.77. The number of Topliss-reactive ketones (excluding diaryl/α,β-unsaturated/α-hetero) is 2. The van der Waals surface area contributed by atoms with Gasteiger partial charge in [-0.2, -0.15) is 0 Å². The number of carbonyl (C=O) groups excluding carboxylic acids is 2. The van der Waals surface area contributed by atoms with Crippen LogP contribution in [0.2, 0.25) is 0 Å². The molecule has 3 rings (SSSR count). The minimum atomic E-state index is -0.290. The third-order valence-electron chi connectivity index (χ3n) is 11.3. The Morgan fingerprint density at radius 2 is 1.16 bits per heavy atom. The summed E-state index contributed by atoms with van der Waals surface area (Å²) < 4.78 is 0. The molecule has 0 aliphatic heterocycles. The molecular weight excluding hydrogens is 677 g/mol. The van der Waals surface area contributed by atoms with E-state index in [0.717, 1.165) is 64.2 Å². The Morgan fingerprint density at radius 3 is 1.66 bits per heavy atom. The molecule has 256 valence electrons. The van der Waals surface area contributed by atoms with Crippen LogP contribution in [0.5, 0.6) is 0 Å². The van der Waals surface area contributed by atoms with Crippen molar-refractivity contribution in [2.45, 2.75) is 163 Å². The van der Waals surface area contributed by atoms with Crippen LogP contribution in [0, 0.1) is 47.3 Å². The van der Waals surface area contributed by atoms with Gasteiger partial charge >= 0.3 is 0 Å². The monoisotopic (exact) mass is 732 g/mol. The molecule has 3 aliphatic carbocycles. The van der Waals surface area contributed by atoms with Gasteiger partial charge in [0.2, 0.25) is 0 Å². The predicted octanol–water partition coefficient (Wildman–Crippen LogP) is 12.1. The van der Waals surface area contributed by atoms with E-state index in [1.165, 1.54) is 0 Å². The second kappa shape index (κ2) is 17.1. The maximum Gasteiger partial charge on any atom is 0.140 e. The highest BCUT2D eigenvalue weighted by Crippen LogP contribution is 2.52. The van der Waals surface area contributed by atoms with E-state index in [9.17, 15) is 9.59 Å². The van der Waals surface area contributed by atoms with Crippen LogP contribution in [0.3, 0.4) is 0 Å². The average molecular weight is 736 g/mol. The van der Waals surface area contributed by atoms with Gasteiger partial charge in [-0.15, -0.1) is 69.6 Å². The Hall–Kier alpha value is 1.08. The molecule has 0 saturated heterocycles. The summed E-state index contributed by atoms with van der Waals surface area (Å²) in [5.41, 5.74) is 0. The van der Waals surface area contributed by atoms with Crippen LogP contribution in [0.25, 0.3) is 0 Å². The van der Waals surface area contributed by atoms with E-state index >= 15 is 0 Å². The molecule has 0 spiro atoms. The lowest BCUT2D eigenvalue weighted by Crippen LogP contribution is -2.54. The van der Waals surface area contributed by atoms with Crippen molar-refractivity contribution in [1.82, 2.24) is 0 Å². The first-order valence-corrected chi connectivity index (χ1v) is 19.9. The molecule has 3 saturated carbocycles. The molecule has 3 aliphatic rings. The quantitative estimate of drug-likeness (QED) is 0.148. The van der Waals surface area contributed by atoms with E-state index in [2.05, 4.69) is 41.5 Å². The van der Waals surface area contributed by atoms with E-state index in [-0.39, 0.29) is 78.3 Å². The highest BCUT2D eigenvalue weighted by atomic mass is 35.5. The SMILES string of the molecule is CC(C)C(Cl)CCC(C)(Cl)CCCC1CC2C(=O)C3CC(Cl)C(CCC(Cl)C(C)CCCC(C)(C)Cl)CC3C(=O)C2CC1Cl. The molecule has 0 aromatic rings.